The van der Waals surface area contributed by atoms with Gasteiger partial charge in [-0.15, -0.1) is 0 Å². The van der Waals surface area contributed by atoms with Gasteiger partial charge in [0, 0.05) is 50.4 Å². The van der Waals surface area contributed by atoms with Crippen molar-refractivity contribution in [3.8, 4) is 11.4 Å². The van der Waals surface area contributed by atoms with Crippen molar-refractivity contribution in [1.82, 2.24) is 25.1 Å². The second-order valence-electron chi connectivity index (χ2n) is 8.39. The molecule has 0 aliphatic carbocycles. The molecule has 10 heteroatoms. The molecule has 0 aromatic carbocycles. The van der Waals surface area contributed by atoms with Gasteiger partial charge < -0.3 is 15.1 Å². The number of hydrogen-bond acceptors (Lipinski definition) is 7. The van der Waals surface area contributed by atoms with E-state index in [0.717, 1.165) is 22.6 Å². The molecule has 0 unspecified atom stereocenters. The Morgan fingerprint density at radius 3 is 2.69 bits per heavy atom. The van der Waals surface area contributed by atoms with Crippen molar-refractivity contribution >= 4 is 29.1 Å². The summed E-state index contributed by atoms with van der Waals surface area (Å²) in [6, 6.07) is 10.7. The van der Waals surface area contributed by atoms with Gasteiger partial charge in [-0.05, 0) is 36.8 Å². The number of fused-ring (bicyclic) bond motifs is 3. The Kier molecular flexibility index (Phi) is 5.92. The lowest BCUT2D eigenvalue weighted by Crippen LogP contribution is -2.32. The standard InChI is InChI=1S/C25H24N8O2/c1-32(2)24-16(5-3-11-27-24)13-21(34)30-20-8-7-18(14-28-20)25(35)33-12-9-17-15-29-31-22(17)23-19(33)6-4-10-26-23/h3-8,10-11,14-15H,9,12-13H2,1-2H3,(H,29,31)(H,28,30,34). The minimum atomic E-state index is -0.213. The van der Waals surface area contributed by atoms with Gasteiger partial charge in [0.1, 0.15) is 17.3 Å². The number of carbonyl (C=O) groups is 2. The van der Waals surface area contributed by atoms with Gasteiger partial charge in [0.05, 0.1) is 29.6 Å². The molecule has 2 amide bonds. The smallest absolute Gasteiger partial charge is 0.259 e. The molecule has 0 spiro atoms. The molecule has 0 saturated heterocycles. The van der Waals surface area contributed by atoms with Crippen LogP contribution in [-0.4, -0.2) is 57.6 Å². The van der Waals surface area contributed by atoms with Crippen LogP contribution in [0.4, 0.5) is 17.3 Å². The third-order valence-electron chi connectivity index (χ3n) is 5.80. The van der Waals surface area contributed by atoms with Gasteiger partial charge in [-0.3, -0.25) is 19.7 Å². The predicted molar refractivity (Wildman–Crippen MR) is 132 cm³/mol. The highest BCUT2D eigenvalue weighted by molar-refractivity contribution is 6.08. The Labute approximate surface area is 202 Å². The number of hydrogen-bond donors (Lipinski definition) is 2. The van der Waals surface area contributed by atoms with Crippen LogP contribution >= 0.6 is 0 Å². The number of aromatic nitrogens is 5. The molecule has 2 N–H and O–H groups in total. The lowest BCUT2D eigenvalue weighted by Gasteiger charge is -2.22. The molecule has 10 nitrogen and oxygen atoms in total. The topological polar surface area (TPSA) is 120 Å². The molecule has 1 aliphatic rings. The zero-order valence-electron chi connectivity index (χ0n) is 19.4. The van der Waals surface area contributed by atoms with Crippen molar-refractivity contribution in [1.29, 1.82) is 0 Å². The highest BCUT2D eigenvalue weighted by Crippen LogP contribution is 2.33. The van der Waals surface area contributed by atoms with Gasteiger partial charge >= 0.3 is 0 Å². The zero-order valence-corrected chi connectivity index (χ0v) is 19.4. The molecule has 0 fully saturated rings. The van der Waals surface area contributed by atoms with Crippen molar-refractivity contribution in [2.75, 3.05) is 35.8 Å². The third-order valence-corrected chi connectivity index (χ3v) is 5.80. The Bertz CT molecular complexity index is 1380. The quantitative estimate of drug-likeness (QED) is 0.462. The summed E-state index contributed by atoms with van der Waals surface area (Å²) in [5.41, 5.74) is 4.49. The second kappa shape index (κ2) is 9.34. The first-order valence-electron chi connectivity index (χ1n) is 11.2. The van der Waals surface area contributed by atoms with E-state index in [9.17, 15) is 9.59 Å². The molecule has 0 bridgehead atoms. The van der Waals surface area contributed by atoms with Crippen LogP contribution in [-0.2, 0) is 17.6 Å². The van der Waals surface area contributed by atoms with E-state index in [2.05, 4.69) is 30.5 Å². The summed E-state index contributed by atoms with van der Waals surface area (Å²) in [6.07, 6.45) is 7.46. The van der Waals surface area contributed by atoms with Crippen LogP contribution in [0, 0.1) is 0 Å². The first kappa shape index (κ1) is 22.2. The number of aromatic amines is 1. The normalized spacial score (nSPS) is 12.3. The van der Waals surface area contributed by atoms with Gasteiger partial charge in [0.15, 0.2) is 0 Å². The summed E-state index contributed by atoms with van der Waals surface area (Å²) in [5, 5.41) is 9.92. The molecule has 176 valence electrons. The van der Waals surface area contributed by atoms with Crippen LogP contribution < -0.4 is 15.1 Å². The molecule has 35 heavy (non-hydrogen) atoms. The number of rotatable bonds is 5. The maximum atomic E-state index is 13.4. The lowest BCUT2D eigenvalue weighted by molar-refractivity contribution is -0.115. The number of H-pyrrole nitrogens is 1. The average molecular weight is 469 g/mol. The Hall–Kier alpha value is -4.60. The molecule has 5 heterocycles. The number of carbonyl (C=O) groups excluding carboxylic acids is 2. The van der Waals surface area contributed by atoms with Crippen LogP contribution in [0.1, 0.15) is 21.5 Å². The van der Waals surface area contributed by atoms with Crippen molar-refractivity contribution < 1.29 is 9.59 Å². The van der Waals surface area contributed by atoms with Crippen LogP contribution in [0.3, 0.4) is 0 Å². The number of anilines is 3. The summed E-state index contributed by atoms with van der Waals surface area (Å²) >= 11 is 0. The first-order chi connectivity index (χ1) is 17.0. The Balaban J connectivity index is 1.31. The van der Waals surface area contributed by atoms with Crippen molar-refractivity contribution in [3.05, 3.63) is 77.9 Å². The van der Waals surface area contributed by atoms with Gasteiger partial charge in [-0.2, -0.15) is 5.10 Å². The summed E-state index contributed by atoms with van der Waals surface area (Å²) in [6.45, 7) is 0.488. The van der Waals surface area contributed by atoms with E-state index in [0.29, 0.717) is 35.7 Å². The minimum Gasteiger partial charge on any atom is -0.363 e. The van der Waals surface area contributed by atoms with E-state index in [-0.39, 0.29) is 18.2 Å². The van der Waals surface area contributed by atoms with Crippen LogP contribution in [0.15, 0.2) is 61.2 Å². The lowest BCUT2D eigenvalue weighted by atomic mass is 10.1. The molecule has 0 atom stereocenters. The summed E-state index contributed by atoms with van der Waals surface area (Å²) in [7, 11) is 3.77. The van der Waals surface area contributed by atoms with Crippen molar-refractivity contribution in [2.45, 2.75) is 12.8 Å². The Morgan fingerprint density at radius 2 is 1.89 bits per heavy atom. The third kappa shape index (κ3) is 4.45. The molecule has 4 aromatic heterocycles. The van der Waals surface area contributed by atoms with Crippen molar-refractivity contribution in [2.24, 2.45) is 0 Å². The number of nitrogens with zero attached hydrogens (tertiary/aromatic N) is 6. The SMILES string of the molecule is CN(C)c1ncccc1CC(=O)Nc1ccc(C(=O)N2CCc3cn[nH]c3-c3ncccc32)cn1. The maximum absolute atomic E-state index is 13.4. The fraction of sp³-hybridized carbons (Fsp3) is 0.200. The highest BCUT2D eigenvalue weighted by atomic mass is 16.2. The molecule has 4 aromatic rings. The zero-order chi connectivity index (χ0) is 24.4. The maximum Gasteiger partial charge on any atom is 0.259 e. The predicted octanol–water partition coefficient (Wildman–Crippen LogP) is 2.71. The number of nitrogens with one attached hydrogen (secondary N) is 2. The number of amides is 2. The summed E-state index contributed by atoms with van der Waals surface area (Å²) < 4.78 is 0. The average Bonchev–Trinajstić information content (AvgIpc) is 3.27. The molecule has 0 saturated carbocycles. The van der Waals surface area contributed by atoms with Gasteiger partial charge in [-0.25, -0.2) is 9.97 Å². The van der Waals surface area contributed by atoms with Gasteiger partial charge in [-0.1, -0.05) is 6.07 Å². The Morgan fingerprint density at radius 1 is 1.06 bits per heavy atom. The molecular formula is C25H24N8O2. The van der Waals surface area contributed by atoms with Crippen molar-refractivity contribution in [3.63, 3.8) is 0 Å². The minimum absolute atomic E-state index is 0.163. The molecule has 1 aliphatic heterocycles. The van der Waals surface area contributed by atoms with E-state index in [1.807, 2.05) is 31.1 Å². The van der Waals surface area contributed by atoms with E-state index in [4.69, 9.17) is 0 Å². The fourth-order valence-corrected chi connectivity index (χ4v) is 4.16. The molecule has 0 radical (unpaired) electrons. The second-order valence-corrected chi connectivity index (χ2v) is 8.39. The van der Waals surface area contributed by atoms with Crippen LogP contribution in [0.2, 0.25) is 0 Å². The fourth-order valence-electron chi connectivity index (χ4n) is 4.16. The summed E-state index contributed by atoms with van der Waals surface area (Å²) in [4.78, 5) is 42.7. The van der Waals surface area contributed by atoms with E-state index in [1.54, 1.807) is 47.8 Å². The monoisotopic (exact) mass is 468 g/mol. The number of pyridine rings is 3. The van der Waals surface area contributed by atoms with E-state index >= 15 is 0 Å². The molecule has 5 rings (SSSR count). The van der Waals surface area contributed by atoms with Crippen LogP contribution in [0.25, 0.3) is 11.4 Å². The van der Waals surface area contributed by atoms with E-state index < -0.39 is 0 Å². The van der Waals surface area contributed by atoms with Gasteiger partial charge in [0.25, 0.3) is 5.91 Å². The van der Waals surface area contributed by atoms with Gasteiger partial charge in [0.2, 0.25) is 5.91 Å². The molecular weight excluding hydrogens is 444 g/mol. The summed E-state index contributed by atoms with van der Waals surface area (Å²) in [5.74, 6) is 0.718. The first-order valence-corrected chi connectivity index (χ1v) is 11.2. The largest absolute Gasteiger partial charge is 0.363 e. The van der Waals surface area contributed by atoms with E-state index in [1.165, 1.54) is 6.20 Å². The van der Waals surface area contributed by atoms with Crippen LogP contribution in [0.5, 0.6) is 0 Å². The highest BCUT2D eigenvalue weighted by Gasteiger charge is 2.27.